The number of ether oxygens (including phenoxy) is 6. The number of hydrogen-bond acceptors (Lipinski definition) is 16. The summed E-state index contributed by atoms with van der Waals surface area (Å²) in [6.07, 6.45) is -12.0. The number of aliphatic carboxylic acids is 1. The summed E-state index contributed by atoms with van der Waals surface area (Å²) in [5.74, 6) is -9.40. The van der Waals surface area contributed by atoms with Gasteiger partial charge in [-0.05, 0) is 61.2 Å². The first-order chi connectivity index (χ1) is 33.1. The molecular weight excluding hydrogens is 911 g/mol. The first kappa shape index (κ1) is 51.1. The number of fused-ring (bicyclic) bond motifs is 5. The molecule has 5 unspecified atom stereocenters. The number of carbonyl (C=O) groups excluding carboxylic acids is 7. The maximum absolute atomic E-state index is 16.1. The lowest BCUT2D eigenvalue weighted by Crippen LogP contribution is -2.82. The van der Waals surface area contributed by atoms with Gasteiger partial charge in [-0.2, -0.15) is 0 Å². The van der Waals surface area contributed by atoms with Gasteiger partial charge in [-0.3, -0.25) is 28.8 Å². The number of carboxylic acids is 1. The van der Waals surface area contributed by atoms with E-state index >= 15 is 4.79 Å². The molecule has 372 valence electrons. The average molecular weight is 968 g/mol. The highest BCUT2D eigenvalue weighted by molar-refractivity contribution is 5.96. The summed E-state index contributed by atoms with van der Waals surface area (Å²) < 4.78 is 36.8. The first-order valence-electron chi connectivity index (χ1n) is 23.0. The van der Waals surface area contributed by atoms with Gasteiger partial charge >= 0.3 is 35.8 Å². The molecule has 1 amide bonds. The Bertz CT molecular complexity index is 2560. The third-order valence-electron chi connectivity index (χ3n) is 14.5. The van der Waals surface area contributed by atoms with Crippen molar-refractivity contribution in [2.45, 2.75) is 128 Å². The molecule has 0 aromatic heterocycles. The van der Waals surface area contributed by atoms with Gasteiger partial charge in [0.25, 0.3) is 5.91 Å². The van der Waals surface area contributed by atoms with Crippen molar-refractivity contribution in [2.75, 3.05) is 6.61 Å². The Morgan fingerprint density at radius 3 is 1.96 bits per heavy atom. The fourth-order valence-electron chi connectivity index (χ4n) is 10.9. The molecular formula is C52H57NO17. The molecule has 18 nitrogen and oxygen atoms in total. The van der Waals surface area contributed by atoms with E-state index in [1.807, 2.05) is 0 Å². The van der Waals surface area contributed by atoms with Gasteiger partial charge in [0.2, 0.25) is 0 Å². The van der Waals surface area contributed by atoms with Gasteiger partial charge in [0.05, 0.1) is 29.5 Å². The van der Waals surface area contributed by atoms with Gasteiger partial charge in [0, 0.05) is 50.5 Å². The van der Waals surface area contributed by atoms with Crippen LogP contribution in [0.25, 0.3) is 0 Å². The zero-order chi connectivity index (χ0) is 50.9. The number of Topliss-reactive ketones (excluding diaryl/α,β-unsaturated/α-hetero) is 1. The topological polar surface area (TPSA) is 265 Å². The number of esters is 5. The first-order valence-corrected chi connectivity index (χ1v) is 23.0. The van der Waals surface area contributed by atoms with E-state index in [0.29, 0.717) is 5.56 Å². The number of carboxylic acid groups (broad SMARTS) is 1. The zero-order valence-electron chi connectivity index (χ0n) is 39.6. The number of amides is 1. The Morgan fingerprint density at radius 2 is 1.40 bits per heavy atom. The van der Waals surface area contributed by atoms with E-state index in [1.54, 1.807) is 78.9 Å². The van der Waals surface area contributed by atoms with Crippen molar-refractivity contribution < 1.29 is 82.1 Å². The maximum Gasteiger partial charge on any atom is 0.338 e. The minimum atomic E-state index is -2.51. The van der Waals surface area contributed by atoms with E-state index in [1.165, 1.54) is 39.8 Å². The molecule has 3 aliphatic carbocycles. The molecule has 4 N–H and O–H groups in total. The minimum absolute atomic E-state index is 0.00954. The lowest BCUT2D eigenvalue weighted by atomic mass is 9.44. The standard InChI is InChI=1S/C52H57NO17/c1-28-34(67-48(63)41(59)40(31-17-10-7-11-18-31)53-46(61)32-19-12-8-13-20-32)26-52(64)45(69-47(62)33-21-14-9-15-22-33)43-50(6,44(60)42(66-29(2)54)39(28)49(52,4)5)35(68-38(58)24-16-23-37(56)57)25-36-51(43,27-65-36)70-30(3)55/h7-15,17-22,34-36,40-43,45,59,64H,16,23-27H2,1-6H3,(H,53,61)(H,56,57)/t34?,35-,36+,40?,41?,42+,43?,45?,50+,51-,52+/m0/s1. The summed E-state index contributed by atoms with van der Waals surface area (Å²) in [7, 11) is 0. The van der Waals surface area contributed by atoms with E-state index in [4.69, 9.17) is 28.4 Å². The van der Waals surface area contributed by atoms with Gasteiger partial charge < -0.3 is 49.1 Å². The van der Waals surface area contributed by atoms with Crippen LogP contribution in [0.3, 0.4) is 0 Å². The van der Waals surface area contributed by atoms with Gasteiger partial charge in [0.1, 0.15) is 30.0 Å². The van der Waals surface area contributed by atoms with E-state index in [2.05, 4.69) is 5.32 Å². The normalized spacial score (nSPS) is 29.4. The maximum atomic E-state index is 16.1. The Kier molecular flexibility index (Phi) is 14.5. The number of rotatable bonds is 15. The van der Waals surface area contributed by atoms with Crippen LogP contribution in [-0.4, -0.2) is 117 Å². The van der Waals surface area contributed by atoms with Crippen molar-refractivity contribution in [3.05, 3.63) is 119 Å². The van der Waals surface area contributed by atoms with E-state index in [-0.39, 0.29) is 48.0 Å². The highest BCUT2D eigenvalue weighted by atomic mass is 16.6. The molecule has 1 saturated heterocycles. The van der Waals surface area contributed by atoms with Crippen LogP contribution in [0, 0.1) is 16.7 Å². The Labute approximate surface area is 403 Å². The van der Waals surface area contributed by atoms with Crippen molar-refractivity contribution in [3.63, 3.8) is 0 Å². The lowest BCUT2D eigenvalue weighted by Gasteiger charge is -2.67. The third kappa shape index (κ3) is 9.34. The molecule has 1 heterocycles. The number of ketones is 1. The monoisotopic (exact) mass is 967 g/mol. The van der Waals surface area contributed by atoms with Crippen LogP contribution < -0.4 is 5.32 Å². The molecule has 3 aromatic carbocycles. The number of aliphatic hydroxyl groups excluding tert-OH is 1. The number of benzene rings is 3. The predicted octanol–water partition coefficient (Wildman–Crippen LogP) is 4.54. The van der Waals surface area contributed by atoms with Crippen molar-refractivity contribution in [2.24, 2.45) is 16.7 Å². The lowest BCUT2D eigenvalue weighted by molar-refractivity contribution is -0.346. The summed E-state index contributed by atoms with van der Waals surface area (Å²) >= 11 is 0. The van der Waals surface area contributed by atoms with Crippen molar-refractivity contribution in [1.29, 1.82) is 0 Å². The van der Waals surface area contributed by atoms with Gasteiger partial charge in [-0.25, -0.2) is 9.59 Å². The summed E-state index contributed by atoms with van der Waals surface area (Å²) in [6, 6.07) is 22.5. The molecule has 70 heavy (non-hydrogen) atoms. The molecule has 11 atom stereocenters. The van der Waals surface area contributed by atoms with E-state index in [9.17, 15) is 48.9 Å². The smallest absolute Gasteiger partial charge is 0.338 e. The van der Waals surface area contributed by atoms with Crippen LogP contribution in [0.15, 0.2) is 102 Å². The predicted molar refractivity (Wildman–Crippen MR) is 243 cm³/mol. The molecule has 3 fully saturated rings. The van der Waals surface area contributed by atoms with E-state index < -0.39 is 131 Å². The highest BCUT2D eigenvalue weighted by Crippen LogP contribution is 2.65. The second-order valence-electron chi connectivity index (χ2n) is 19.1. The minimum Gasteiger partial charge on any atom is -0.481 e. The van der Waals surface area contributed by atoms with Crippen LogP contribution in [0.5, 0.6) is 0 Å². The Morgan fingerprint density at radius 1 is 0.800 bits per heavy atom. The molecule has 18 heteroatoms. The fourth-order valence-corrected chi connectivity index (χ4v) is 10.9. The second kappa shape index (κ2) is 19.9. The van der Waals surface area contributed by atoms with Crippen LogP contribution in [0.2, 0.25) is 0 Å². The third-order valence-corrected chi connectivity index (χ3v) is 14.5. The van der Waals surface area contributed by atoms with Gasteiger partial charge in [0.15, 0.2) is 23.6 Å². The molecule has 7 rings (SSSR count). The van der Waals surface area contributed by atoms with Crippen LogP contribution in [0.4, 0.5) is 0 Å². The second-order valence-corrected chi connectivity index (χ2v) is 19.1. The molecule has 0 radical (unpaired) electrons. The quantitative estimate of drug-likeness (QED) is 0.0925. The SMILES string of the molecule is CC(=O)O[C@H]1C(=O)[C@@]2(C)C(C(OC(=O)c3ccccc3)[C@]3(O)CC(OC(=O)C(O)C(NC(=O)c4ccccc4)c4ccccc4)C(C)=C1C3(C)C)[C@]1(OC(C)=O)CO[C@@H]1C[C@@H]2OC(=O)CCCC(=O)O. The molecule has 1 aliphatic heterocycles. The zero-order valence-corrected chi connectivity index (χ0v) is 39.6. The summed E-state index contributed by atoms with van der Waals surface area (Å²) in [5.41, 5.74) is -7.76. The Hall–Kier alpha value is -6.76. The van der Waals surface area contributed by atoms with Gasteiger partial charge in [-0.15, -0.1) is 0 Å². The number of carbonyl (C=O) groups is 8. The van der Waals surface area contributed by atoms with E-state index in [0.717, 1.165) is 13.8 Å². The van der Waals surface area contributed by atoms with Gasteiger partial charge in [-0.1, -0.05) is 80.6 Å². The average Bonchev–Trinajstić information content (AvgIpc) is 3.31. The summed E-state index contributed by atoms with van der Waals surface area (Å²) in [5, 5.41) is 37.8. The van der Waals surface area contributed by atoms with Crippen LogP contribution in [-0.2, 0) is 57.2 Å². The highest BCUT2D eigenvalue weighted by Gasteiger charge is 2.79. The summed E-state index contributed by atoms with van der Waals surface area (Å²) in [6.45, 7) is 7.67. The Balaban J connectivity index is 1.41. The van der Waals surface area contributed by atoms with Crippen molar-refractivity contribution in [3.8, 4) is 0 Å². The molecule has 2 saturated carbocycles. The van der Waals surface area contributed by atoms with Crippen LogP contribution in [0.1, 0.15) is 106 Å². The van der Waals surface area contributed by atoms with Crippen molar-refractivity contribution in [1.82, 2.24) is 5.32 Å². The summed E-state index contributed by atoms with van der Waals surface area (Å²) in [4.78, 5) is 110. The fraction of sp³-hybridized carbons (Fsp3) is 0.462. The van der Waals surface area contributed by atoms with Crippen molar-refractivity contribution >= 4 is 47.5 Å². The molecule has 2 bridgehead atoms. The molecule has 4 aliphatic rings. The largest absolute Gasteiger partial charge is 0.481 e. The van der Waals surface area contributed by atoms with Crippen LogP contribution >= 0.6 is 0 Å². The number of hydrogen-bond donors (Lipinski definition) is 4. The molecule has 3 aromatic rings. The number of nitrogens with one attached hydrogen (secondary N) is 1. The number of aliphatic hydroxyl groups is 2. The molecule has 0 spiro atoms.